The van der Waals surface area contributed by atoms with Crippen LogP contribution in [0, 0.1) is 11.8 Å². The molecule has 1 unspecified atom stereocenters. The highest BCUT2D eigenvalue weighted by atomic mass is 32.1. The van der Waals surface area contributed by atoms with E-state index in [1.807, 2.05) is 30.3 Å². The lowest BCUT2D eigenvalue weighted by Crippen LogP contribution is -2.39. The zero-order valence-corrected chi connectivity index (χ0v) is 11.8. The lowest BCUT2D eigenvalue weighted by Gasteiger charge is -2.15. The van der Waals surface area contributed by atoms with Crippen LogP contribution in [0.1, 0.15) is 24.8 Å². The van der Waals surface area contributed by atoms with E-state index in [-0.39, 0.29) is 10.9 Å². The van der Waals surface area contributed by atoms with E-state index in [4.69, 9.17) is 18.0 Å². The van der Waals surface area contributed by atoms with Crippen LogP contribution in [0.25, 0.3) is 0 Å². The predicted molar refractivity (Wildman–Crippen MR) is 80.8 cm³/mol. The fourth-order valence-corrected chi connectivity index (χ4v) is 2.29. The van der Waals surface area contributed by atoms with Crippen LogP contribution >= 0.6 is 12.2 Å². The lowest BCUT2D eigenvalue weighted by atomic mass is 9.98. The van der Waals surface area contributed by atoms with Gasteiger partial charge < -0.3 is 11.1 Å². The van der Waals surface area contributed by atoms with E-state index in [9.17, 15) is 4.79 Å². The summed E-state index contributed by atoms with van der Waals surface area (Å²) in [4.78, 5) is 12.4. The third kappa shape index (κ3) is 4.63. The maximum absolute atomic E-state index is 12.1. The molecule has 19 heavy (non-hydrogen) atoms. The number of amides is 1. The fraction of sp³-hybridized carbons (Fsp3) is 0.467. The molecule has 3 nitrogen and oxygen atoms in total. The van der Waals surface area contributed by atoms with E-state index >= 15 is 0 Å². The molecule has 102 valence electrons. The summed E-state index contributed by atoms with van der Waals surface area (Å²) >= 11 is 5.02. The summed E-state index contributed by atoms with van der Waals surface area (Å²) in [5, 5.41) is 2.95. The van der Waals surface area contributed by atoms with E-state index in [1.165, 1.54) is 12.8 Å². The van der Waals surface area contributed by atoms with Gasteiger partial charge in [-0.2, -0.15) is 0 Å². The quantitative estimate of drug-likeness (QED) is 0.749. The molecule has 4 heteroatoms. The van der Waals surface area contributed by atoms with Crippen LogP contribution in [0.15, 0.2) is 30.3 Å². The maximum Gasteiger partial charge on any atom is 0.230 e. The summed E-state index contributed by atoms with van der Waals surface area (Å²) in [5.41, 5.74) is 6.78. The fourth-order valence-electron chi connectivity index (χ4n) is 2.10. The summed E-state index contributed by atoms with van der Waals surface area (Å²) in [7, 11) is 0. The van der Waals surface area contributed by atoms with Crippen molar-refractivity contribution in [1.29, 1.82) is 0 Å². The largest absolute Gasteiger partial charge is 0.393 e. The van der Waals surface area contributed by atoms with Crippen molar-refractivity contribution in [1.82, 2.24) is 5.32 Å². The van der Waals surface area contributed by atoms with Crippen LogP contribution in [0.3, 0.4) is 0 Å². The number of rotatable bonds is 7. The van der Waals surface area contributed by atoms with E-state index < -0.39 is 5.92 Å². The number of hydrogen-bond donors (Lipinski definition) is 2. The van der Waals surface area contributed by atoms with Gasteiger partial charge in [-0.05, 0) is 24.3 Å². The number of benzene rings is 1. The Bertz CT molecular complexity index is 443. The number of carbonyl (C=O) groups is 1. The number of hydrogen-bond acceptors (Lipinski definition) is 2. The van der Waals surface area contributed by atoms with Crippen molar-refractivity contribution in [2.75, 3.05) is 6.54 Å². The number of nitrogens with one attached hydrogen (secondary N) is 1. The van der Waals surface area contributed by atoms with Gasteiger partial charge in [-0.15, -0.1) is 0 Å². The van der Waals surface area contributed by atoms with Crippen molar-refractivity contribution in [3.63, 3.8) is 0 Å². The van der Waals surface area contributed by atoms with E-state index in [1.54, 1.807) is 0 Å². The molecule has 1 aromatic carbocycles. The molecule has 1 aliphatic carbocycles. The van der Waals surface area contributed by atoms with Gasteiger partial charge in [-0.25, -0.2) is 0 Å². The van der Waals surface area contributed by atoms with Gasteiger partial charge in [0.05, 0.1) is 10.9 Å². The first-order chi connectivity index (χ1) is 9.16. The van der Waals surface area contributed by atoms with Crippen molar-refractivity contribution in [3.05, 3.63) is 35.9 Å². The Morgan fingerprint density at radius 3 is 2.63 bits per heavy atom. The van der Waals surface area contributed by atoms with Crippen molar-refractivity contribution < 1.29 is 4.79 Å². The monoisotopic (exact) mass is 276 g/mol. The standard InChI is InChI=1S/C15H20N2OS/c16-14(19)13(10-12-4-2-1-3-5-12)15(18)17-9-8-11-6-7-11/h1-5,11,13H,6-10H2,(H2,16,19)(H,17,18). The summed E-state index contributed by atoms with van der Waals surface area (Å²) in [6.45, 7) is 0.734. The van der Waals surface area contributed by atoms with Crippen molar-refractivity contribution in [3.8, 4) is 0 Å². The highest BCUT2D eigenvalue weighted by Gasteiger charge is 2.24. The molecule has 1 fully saturated rings. The molecule has 2 rings (SSSR count). The van der Waals surface area contributed by atoms with Crippen LogP contribution in [0.2, 0.25) is 0 Å². The summed E-state index contributed by atoms with van der Waals surface area (Å²) in [6.07, 6.45) is 4.25. The predicted octanol–water partition coefficient (Wildman–Crippen LogP) is 2.05. The molecule has 1 aliphatic rings. The van der Waals surface area contributed by atoms with Crippen LogP contribution in [0.5, 0.6) is 0 Å². The van der Waals surface area contributed by atoms with Crippen LogP contribution < -0.4 is 11.1 Å². The number of carbonyl (C=O) groups excluding carboxylic acids is 1. The van der Waals surface area contributed by atoms with Gasteiger partial charge in [0.2, 0.25) is 5.91 Å². The molecular formula is C15H20N2OS. The first-order valence-corrected chi connectivity index (χ1v) is 7.18. The highest BCUT2D eigenvalue weighted by molar-refractivity contribution is 7.80. The van der Waals surface area contributed by atoms with E-state index in [0.29, 0.717) is 6.42 Å². The van der Waals surface area contributed by atoms with Crippen molar-refractivity contribution in [2.45, 2.75) is 25.7 Å². The van der Waals surface area contributed by atoms with Crippen LogP contribution in [-0.2, 0) is 11.2 Å². The molecule has 3 N–H and O–H groups in total. The van der Waals surface area contributed by atoms with Gasteiger partial charge in [-0.3, -0.25) is 4.79 Å². The Morgan fingerprint density at radius 2 is 2.05 bits per heavy atom. The van der Waals surface area contributed by atoms with E-state index in [2.05, 4.69) is 5.32 Å². The summed E-state index contributed by atoms with van der Waals surface area (Å²) < 4.78 is 0. The molecule has 0 spiro atoms. The molecule has 1 saturated carbocycles. The van der Waals surface area contributed by atoms with Gasteiger partial charge in [-0.1, -0.05) is 55.4 Å². The zero-order valence-electron chi connectivity index (χ0n) is 11.0. The molecule has 1 aromatic rings. The van der Waals surface area contributed by atoms with Crippen molar-refractivity contribution >= 4 is 23.1 Å². The summed E-state index contributed by atoms with van der Waals surface area (Å²) in [6, 6.07) is 9.84. The Hall–Kier alpha value is -1.42. The first-order valence-electron chi connectivity index (χ1n) is 6.78. The Kier molecular flexibility index (Phi) is 4.91. The molecule has 0 radical (unpaired) electrons. The van der Waals surface area contributed by atoms with Crippen LogP contribution in [0.4, 0.5) is 0 Å². The zero-order chi connectivity index (χ0) is 13.7. The highest BCUT2D eigenvalue weighted by Crippen LogP contribution is 2.31. The van der Waals surface area contributed by atoms with Gasteiger partial charge in [0.15, 0.2) is 0 Å². The maximum atomic E-state index is 12.1. The molecule has 0 saturated heterocycles. The minimum Gasteiger partial charge on any atom is -0.393 e. The first kappa shape index (κ1) is 14.0. The van der Waals surface area contributed by atoms with Gasteiger partial charge in [0, 0.05) is 6.54 Å². The third-order valence-corrected chi connectivity index (χ3v) is 3.78. The molecule has 0 aromatic heterocycles. The SMILES string of the molecule is NC(=S)C(Cc1ccccc1)C(=O)NCCC1CC1. The average Bonchev–Trinajstić information content (AvgIpc) is 3.21. The Balaban J connectivity index is 1.86. The Morgan fingerprint density at radius 1 is 1.37 bits per heavy atom. The second-order valence-electron chi connectivity index (χ2n) is 5.17. The van der Waals surface area contributed by atoms with Crippen molar-refractivity contribution in [2.24, 2.45) is 17.6 Å². The third-order valence-electron chi connectivity index (χ3n) is 3.49. The second kappa shape index (κ2) is 6.66. The van der Waals surface area contributed by atoms with Crippen LogP contribution in [-0.4, -0.2) is 17.4 Å². The molecular weight excluding hydrogens is 256 g/mol. The average molecular weight is 276 g/mol. The molecule has 0 aliphatic heterocycles. The molecule has 0 heterocycles. The molecule has 0 bridgehead atoms. The normalized spacial score (nSPS) is 15.8. The number of nitrogens with two attached hydrogens (primary N) is 1. The van der Waals surface area contributed by atoms with Gasteiger partial charge in [0.25, 0.3) is 0 Å². The smallest absolute Gasteiger partial charge is 0.230 e. The summed E-state index contributed by atoms with van der Waals surface area (Å²) in [5.74, 6) is 0.367. The molecule has 1 atom stereocenters. The molecule has 1 amide bonds. The topological polar surface area (TPSA) is 55.1 Å². The Labute approximate surface area is 119 Å². The minimum atomic E-state index is -0.406. The van der Waals surface area contributed by atoms with E-state index in [0.717, 1.165) is 24.4 Å². The second-order valence-corrected chi connectivity index (χ2v) is 5.64. The van der Waals surface area contributed by atoms with Gasteiger partial charge >= 0.3 is 0 Å². The number of thiocarbonyl (C=S) groups is 1. The minimum absolute atomic E-state index is 0.0444. The lowest BCUT2D eigenvalue weighted by molar-refractivity contribution is -0.123. The van der Waals surface area contributed by atoms with Gasteiger partial charge in [0.1, 0.15) is 0 Å².